The molecule has 0 aromatic heterocycles. The van der Waals surface area contributed by atoms with Gasteiger partial charge in [-0.2, -0.15) is 0 Å². The van der Waals surface area contributed by atoms with Crippen LogP contribution in [0, 0.1) is 9.39 Å². The van der Waals surface area contributed by atoms with Crippen molar-refractivity contribution in [1.82, 2.24) is 10.2 Å². The van der Waals surface area contributed by atoms with E-state index < -0.39 is 34.3 Å². The SMILES string of the molecule is CC(C(=O)NC1CCCCC1)N(Cc1ccccc1F)C(=O)CN(c1ccc(I)cc1)S(=O)(=O)c1ccccc1. The first-order chi connectivity index (χ1) is 19.2. The van der Waals surface area contributed by atoms with Crippen LogP contribution in [0.25, 0.3) is 0 Å². The van der Waals surface area contributed by atoms with Crippen LogP contribution in [0.4, 0.5) is 10.1 Å². The third-order valence-electron chi connectivity index (χ3n) is 7.14. The molecule has 3 aromatic rings. The zero-order chi connectivity index (χ0) is 28.7. The van der Waals surface area contributed by atoms with Gasteiger partial charge in [0.15, 0.2) is 0 Å². The lowest BCUT2D eigenvalue weighted by atomic mass is 9.95. The number of hydrogen-bond acceptors (Lipinski definition) is 4. The summed E-state index contributed by atoms with van der Waals surface area (Å²) < 4.78 is 44.2. The van der Waals surface area contributed by atoms with E-state index in [1.165, 1.54) is 23.1 Å². The maximum Gasteiger partial charge on any atom is 0.264 e. The molecule has 0 spiro atoms. The van der Waals surface area contributed by atoms with Gasteiger partial charge in [-0.25, -0.2) is 12.8 Å². The number of hydrogen-bond donors (Lipinski definition) is 1. The predicted molar refractivity (Wildman–Crippen MR) is 162 cm³/mol. The molecule has 0 saturated heterocycles. The number of sulfonamides is 1. The molecule has 1 N–H and O–H groups in total. The molecule has 0 bridgehead atoms. The van der Waals surface area contributed by atoms with E-state index in [2.05, 4.69) is 27.9 Å². The number of carbonyl (C=O) groups excluding carboxylic acids is 2. The Labute approximate surface area is 248 Å². The number of carbonyl (C=O) groups is 2. The number of benzene rings is 3. The van der Waals surface area contributed by atoms with Gasteiger partial charge >= 0.3 is 0 Å². The van der Waals surface area contributed by atoms with E-state index in [0.717, 1.165) is 40.0 Å². The van der Waals surface area contributed by atoms with Crippen molar-refractivity contribution >= 4 is 50.1 Å². The van der Waals surface area contributed by atoms with Crippen molar-refractivity contribution in [1.29, 1.82) is 0 Å². The quantitative estimate of drug-likeness (QED) is 0.288. The highest BCUT2D eigenvalue weighted by Gasteiger charge is 2.33. The summed E-state index contributed by atoms with van der Waals surface area (Å²) in [5, 5.41) is 3.04. The minimum absolute atomic E-state index is 0.0239. The predicted octanol–water partition coefficient (Wildman–Crippen LogP) is 5.49. The van der Waals surface area contributed by atoms with Gasteiger partial charge in [0, 0.05) is 21.7 Å². The van der Waals surface area contributed by atoms with Crippen molar-refractivity contribution < 1.29 is 22.4 Å². The van der Waals surface area contributed by atoms with Gasteiger partial charge < -0.3 is 10.2 Å². The van der Waals surface area contributed by atoms with Crippen LogP contribution >= 0.6 is 22.6 Å². The van der Waals surface area contributed by atoms with Crippen LogP contribution in [0.15, 0.2) is 83.8 Å². The van der Waals surface area contributed by atoms with Crippen LogP contribution in [0.5, 0.6) is 0 Å². The fraction of sp³-hybridized carbons (Fsp3) is 0.333. The van der Waals surface area contributed by atoms with Crippen molar-refractivity contribution in [2.24, 2.45) is 0 Å². The summed E-state index contributed by atoms with van der Waals surface area (Å²) >= 11 is 2.12. The van der Waals surface area contributed by atoms with Gasteiger partial charge in [0.2, 0.25) is 11.8 Å². The summed E-state index contributed by atoms with van der Waals surface area (Å²) in [7, 11) is -4.14. The number of rotatable bonds is 10. The zero-order valence-electron chi connectivity index (χ0n) is 22.3. The van der Waals surface area contributed by atoms with Gasteiger partial charge in [0.05, 0.1) is 10.6 Å². The topological polar surface area (TPSA) is 86.8 Å². The average Bonchev–Trinajstić information content (AvgIpc) is 2.96. The van der Waals surface area contributed by atoms with E-state index in [-0.39, 0.29) is 29.0 Å². The van der Waals surface area contributed by atoms with Crippen molar-refractivity contribution in [3.8, 4) is 0 Å². The highest BCUT2D eigenvalue weighted by molar-refractivity contribution is 14.1. The molecule has 1 aliphatic carbocycles. The molecule has 1 saturated carbocycles. The van der Waals surface area contributed by atoms with E-state index in [0.29, 0.717) is 5.69 Å². The first kappa shape index (κ1) is 30.0. The van der Waals surface area contributed by atoms with Gasteiger partial charge in [-0.1, -0.05) is 55.7 Å². The monoisotopic (exact) mass is 677 g/mol. The van der Waals surface area contributed by atoms with Crippen molar-refractivity contribution in [2.45, 2.75) is 62.6 Å². The molecule has 0 heterocycles. The summed E-state index contributed by atoms with van der Waals surface area (Å²) in [4.78, 5) is 28.5. The fourth-order valence-electron chi connectivity index (χ4n) is 4.82. The minimum Gasteiger partial charge on any atom is -0.352 e. The normalized spacial score (nSPS) is 14.8. The van der Waals surface area contributed by atoms with E-state index in [4.69, 9.17) is 0 Å². The standard InChI is InChI=1S/C30H33FIN3O4S/c1-22(30(37)33-25-11-4-2-5-12-25)34(20-23-10-8-9-15-28(23)31)29(36)21-35(26-18-16-24(32)17-19-26)40(38,39)27-13-6-3-7-14-27/h3,6-10,13-19,22,25H,2,4-5,11-12,20-21H2,1H3,(H,33,37). The lowest BCUT2D eigenvalue weighted by Crippen LogP contribution is -2.53. The number of amides is 2. The molecule has 3 aromatic carbocycles. The third-order valence-corrected chi connectivity index (χ3v) is 9.65. The molecule has 10 heteroatoms. The van der Waals surface area contributed by atoms with Gasteiger partial charge in [0.25, 0.3) is 10.0 Å². The Morgan fingerprint density at radius 1 is 0.950 bits per heavy atom. The Morgan fingerprint density at radius 2 is 1.57 bits per heavy atom. The van der Waals surface area contributed by atoms with E-state index in [1.54, 1.807) is 67.6 Å². The van der Waals surface area contributed by atoms with Crippen LogP contribution in [-0.4, -0.2) is 43.8 Å². The van der Waals surface area contributed by atoms with Crippen LogP contribution in [0.2, 0.25) is 0 Å². The molecule has 0 aliphatic heterocycles. The van der Waals surface area contributed by atoms with E-state index >= 15 is 0 Å². The summed E-state index contributed by atoms with van der Waals surface area (Å²) in [6.45, 7) is 0.849. The molecule has 7 nitrogen and oxygen atoms in total. The Kier molecular flexibility index (Phi) is 10.2. The molecule has 212 valence electrons. The lowest BCUT2D eigenvalue weighted by Gasteiger charge is -2.33. The Bertz CT molecular complexity index is 1410. The highest BCUT2D eigenvalue weighted by Crippen LogP contribution is 2.26. The molecule has 0 radical (unpaired) electrons. The Morgan fingerprint density at radius 3 is 2.23 bits per heavy atom. The first-order valence-electron chi connectivity index (χ1n) is 13.3. The lowest BCUT2D eigenvalue weighted by molar-refractivity contribution is -0.139. The van der Waals surface area contributed by atoms with Crippen molar-refractivity contribution in [3.05, 3.63) is 93.8 Å². The van der Waals surface area contributed by atoms with Crippen molar-refractivity contribution in [2.75, 3.05) is 10.8 Å². The molecular weight excluding hydrogens is 644 g/mol. The van der Waals surface area contributed by atoms with E-state index in [1.807, 2.05) is 0 Å². The molecule has 40 heavy (non-hydrogen) atoms. The van der Waals surface area contributed by atoms with E-state index in [9.17, 15) is 22.4 Å². The minimum atomic E-state index is -4.14. The molecule has 4 rings (SSSR count). The highest BCUT2D eigenvalue weighted by atomic mass is 127. The molecular formula is C30H33FIN3O4S. The molecule has 1 unspecified atom stereocenters. The van der Waals surface area contributed by atoms with Crippen LogP contribution in [0.3, 0.4) is 0 Å². The second kappa shape index (κ2) is 13.6. The van der Waals surface area contributed by atoms with Gasteiger partial charge in [-0.05, 0) is 84.8 Å². The van der Waals surface area contributed by atoms with Gasteiger partial charge in [-0.3, -0.25) is 13.9 Å². The second-order valence-corrected chi connectivity index (χ2v) is 13.0. The van der Waals surface area contributed by atoms with Crippen LogP contribution in [0.1, 0.15) is 44.6 Å². The number of halogens is 2. The van der Waals surface area contributed by atoms with Gasteiger partial charge in [-0.15, -0.1) is 0 Å². The Balaban J connectivity index is 1.67. The number of nitrogens with one attached hydrogen (secondary N) is 1. The summed E-state index contributed by atoms with van der Waals surface area (Å²) in [6, 6.07) is 19.8. The van der Waals surface area contributed by atoms with Crippen LogP contribution in [-0.2, 0) is 26.2 Å². The summed E-state index contributed by atoms with van der Waals surface area (Å²) in [6.07, 6.45) is 4.92. The average molecular weight is 678 g/mol. The largest absolute Gasteiger partial charge is 0.352 e. The number of nitrogens with zero attached hydrogens (tertiary/aromatic N) is 2. The molecule has 1 aliphatic rings. The van der Waals surface area contributed by atoms with Crippen LogP contribution < -0.4 is 9.62 Å². The number of anilines is 1. The molecule has 1 fully saturated rings. The summed E-state index contributed by atoms with van der Waals surface area (Å²) in [5.74, 6) is -1.47. The smallest absolute Gasteiger partial charge is 0.264 e. The fourth-order valence-corrected chi connectivity index (χ4v) is 6.61. The second-order valence-electron chi connectivity index (χ2n) is 9.93. The van der Waals surface area contributed by atoms with Gasteiger partial charge in [0.1, 0.15) is 18.4 Å². The molecule has 1 atom stereocenters. The Hall–Kier alpha value is -2.99. The first-order valence-corrected chi connectivity index (χ1v) is 15.9. The zero-order valence-corrected chi connectivity index (χ0v) is 25.3. The molecule has 2 amide bonds. The van der Waals surface area contributed by atoms with Crippen molar-refractivity contribution in [3.63, 3.8) is 0 Å². The summed E-state index contributed by atoms with van der Waals surface area (Å²) in [5.41, 5.74) is 0.544. The maximum atomic E-state index is 14.7. The maximum absolute atomic E-state index is 14.7. The third kappa shape index (κ3) is 7.39.